The Morgan fingerprint density at radius 2 is 0.759 bits per heavy atom. The largest absolute Gasteiger partial charge is 0.447 e. The molecule has 0 aromatic carbocycles. The number of nitrogens with one attached hydrogen (secondary N) is 4. The van der Waals surface area contributed by atoms with Gasteiger partial charge in [-0.25, -0.2) is 19.6 Å². The van der Waals surface area contributed by atoms with Crippen LogP contribution < -0.4 is 32.7 Å². The lowest BCUT2D eigenvalue weighted by Crippen LogP contribution is -2.37. The lowest BCUT2D eigenvalue weighted by atomic mass is 10.0. The number of amides is 4. The molecular weight excluding hydrogens is 760 g/mol. The summed E-state index contributed by atoms with van der Waals surface area (Å²) >= 11 is 0. The maximum Gasteiger partial charge on any atom is 0.407 e. The minimum absolute atomic E-state index is 0.00593. The van der Waals surface area contributed by atoms with Crippen LogP contribution in [0.1, 0.15) is 102 Å². The summed E-state index contributed by atoms with van der Waals surface area (Å²) in [5, 5.41) is 10.1. The number of aromatic nitrogens is 2. The van der Waals surface area contributed by atoms with Crippen LogP contribution in [0.5, 0.6) is 0 Å². The monoisotopic (exact) mass is 831 g/mol. The number of alkyl carbamates (subject to hydrolysis) is 2. The number of nitrogens with zero attached hydrogens (tertiary/aromatic N) is 2. The smallest absolute Gasteiger partial charge is 0.407 e. The van der Waals surface area contributed by atoms with E-state index in [-0.39, 0.29) is 86.8 Å². The van der Waals surface area contributed by atoms with Crippen LogP contribution in [0.4, 0.5) is 21.2 Å². The van der Waals surface area contributed by atoms with E-state index in [4.69, 9.17) is 49.4 Å². The van der Waals surface area contributed by atoms with Gasteiger partial charge >= 0.3 is 12.2 Å². The van der Waals surface area contributed by atoms with E-state index >= 15 is 0 Å². The average molecular weight is 831 g/mol. The number of hydrogen-bond acceptors (Lipinski definition) is 16. The van der Waals surface area contributed by atoms with Gasteiger partial charge in [0.15, 0.2) is 23.0 Å². The van der Waals surface area contributed by atoms with Crippen LogP contribution in [-0.2, 0) is 37.9 Å². The van der Waals surface area contributed by atoms with Crippen LogP contribution >= 0.6 is 0 Å². The van der Waals surface area contributed by atoms with Gasteiger partial charge in [-0.2, -0.15) is 0 Å². The number of anilines is 2. The van der Waals surface area contributed by atoms with E-state index in [1.165, 1.54) is 0 Å². The van der Waals surface area contributed by atoms with Gasteiger partial charge < -0.3 is 70.6 Å². The molecule has 0 unspecified atom stereocenters. The van der Waals surface area contributed by atoms with Gasteiger partial charge in [-0.05, 0) is 81.1 Å². The predicted molar refractivity (Wildman–Crippen MR) is 217 cm³/mol. The molecule has 4 amide bonds. The summed E-state index contributed by atoms with van der Waals surface area (Å²) in [6.45, 7) is 18.5. The second kappa shape index (κ2) is 26.1. The van der Waals surface area contributed by atoms with Gasteiger partial charge in [0, 0.05) is 53.6 Å². The second-order valence-corrected chi connectivity index (χ2v) is 15.7. The number of rotatable bonds is 30. The Hall–Kier alpha value is -4.08. The molecule has 1 heterocycles. The molecule has 0 saturated heterocycles. The van der Waals surface area contributed by atoms with Gasteiger partial charge in [-0.1, -0.05) is 0 Å². The highest BCUT2D eigenvalue weighted by atomic mass is 16.6. The lowest BCUT2D eigenvalue weighted by Gasteiger charge is -2.29. The first kappa shape index (κ1) is 51.9. The van der Waals surface area contributed by atoms with Crippen LogP contribution in [0.3, 0.4) is 0 Å². The average Bonchev–Trinajstić information content (AvgIpc) is 3.14. The Labute approximate surface area is 343 Å². The molecule has 1 aromatic rings. The lowest BCUT2D eigenvalue weighted by molar-refractivity contribution is -0.0847. The zero-order chi connectivity index (χ0) is 43.8. The van der Waals surface area contributed by atoms with E-state index in [2.05, 4.69) is 31.2 Å². The summed E-state index contributed by atoms with van der Waals surface area (Å²) in [5.41, 5.74) is 9.63. The van der Waals surface area contributed by atoms with E-state index in [0.29, 0.717) is 39.3 Å². The first-order valence-corrected chi connectivity index (χ1v) is 19.5. The highest BCUT2D eigenvalue weighted by Crippen LogP contribution is 2.21. The van der Waals surface area contributed by atoms with E-state index in [1.54, 1.807) is 14.2 Å². The molecule has 0 atom stereocenters. The summed E-state index contributed by atoms with van der Waals surface area (Å²) in [7, 11) is 3.31. The number of hydrogen-bond donors (Lipinski definition) is 6. The molecule has 0 radical (unpaired) electrons. The standard InChI is InChI=1S/C38H70N8O12/c1-35(2,11-19-51-9)55-21-13-37(5,6)57-25-23-53-33(49)43-17-15-41-31(47)27-29(39)46-28(30(40)45-27)32(48)42-16-18-44-34(50)54-24-26-58-38(7,8)14-22-56-36(3,4)12-20-52-10/h11-26H2,1-10H3,(H2,40,45)(H2,39,46)(H,41,47)(H,42,48)(H,43,49)(H,44,50). The van der Waals surface area contributed by atoms with Gasteiger partial charge in [0.25, 0.3) is 11.8 Å². The molecule has 0 aliphatic rings. The van der Waals surface area contributed by atoms with E-state index in [9.17, 15) is 19.2 Å². The molecule has 1 rings (SSSR count). The number of nitrogens with two attached hydrogens (primary N) is 2. The summed E-state index contributed by atoms with van der Waals surface area (Å²) in [6, 6.07) is 0. The van der Waals surface area contributed by atoms with Crippen molar-refractivity contribution in [2.75, 3.05) is 105 Å². The van der Waals surface area contributed by atoms with Gasteiger partial charge in [-0.15, -0.1) is 0 Å². The molecule has 0 bridgehead atoms. The van der Waals surface area contributed by atoms with Crippen molar-refractivity contribution in [3.8, 4) is 0 Å². The van der Waals surface area contributed by atoms with Crippen molar-refractivity contribution in [1.82, 2.24) is 31.2 Å². The molecule has 334 valence electrons. The van der Waals surface area contributed by atoms with Crippen molar-refractivity contribution in [2.24, 2.45) is 0 Å². The zero-order valence-corrected chi connectivity index (χ0v) is 36.3. The Morgan fingerprint density at radius 3 is 1.09 bits per heavy atom. The van der Waals surface area contributed by atoms with Crippen LogP contribution in [0.15, 0.2) is 0 Å². The molecule has 0 saturated carbocycles. The molecule has 0 fully saturated rings. The van der Waals surface area contributed by atoms with Gasteiger partial charge in [0.05, 0.1) is 48.8 Å². The molecule has 0 aliphatic heterocycles. The molecule has 58 heavy (non-hydrogen) atoms. The fourth-order valence-electron chi connectivity index (χ4n) is 4.78. The van der Waals surface area contributed by atoms with Crippen LogP contribution in [0.2, 0.25) is 0 Å². The molecule has 20 heteroatoms. The minimum Gasteiger partial charge on any atom is -0.447 e. The quantitative estimate of drug-likeness (QED) is 0.0609. The fourth-order valence-corrected chi connectivity index (χ4v) is 4.78. The van der Waals surface area contributed by atoms with Crippen molar-refractivity contribution >= 4 is 35.6 Å². The van der Waals surface area contributed by atoms with Crippen molar-refractivity contribution in [1.29, 1.82) is 0 Å². The van der Waals surface area contributed by atoms with Crippen LogP contribution in [-0.4, -0.2) is 150 Å². The zero-order valence-electron chi connectivity index (χ0n) is 36.3. The third kappa shape index (κ3) is 23.4. The Morgan fingerprint density at radius 1 is 0.466 bits per heavy atom. The normalized spacial score (nSPS) is 12.2. The first-order chi connectivity index (χ1) is 27.1. The third-order valence-corrected chi connectivity index (χ3v) is 8.57. The van der Waals surface area contributed by atoms with E-state index < -0.39 is 35.2 Å². The Kier molecular flexibility index (Phi) is 23.4. The number of carbonyl (C=O) groups excluding carboxylic acids is 4. The maximum absolute atomic E-state index is 12.7. The summed E-state index contributed by atoms with van der Waals surface area (Å²) in [5.74, 6) is -2.11. The van der Waals surface area contributed by atoms with Crippen LogP contribution in [0.25, 0.3) is 0 Å². The summed E-state index contributed by atoms with van der Waals surface area (Å²) < 4.78 is 44.1. The molecule has 20 nitrogen and oxygen atoms in total. The molecule has 1 aromatic heterocycles. The van der Waals surface area contributed by atoms with Crippen molar-refractivity contribution in [3.05, 3.63) is 11.4 Å². The number of methoxy groups -OCH3 is 2. The second-order valence-electron chi connectivity index (χ2n) is 15.7. The minimum atomic E-state index is -0.719. The van der Waals surface area contributed by atoms with Crippen molar-refractivity contribution in [2.45, 2.75) is 103 Å². The molecule has 8 N–H and O–H groups in total. The Balaban J connectivity index is 2.31. The third-order valence-electron chi connectivity index (χ3n) is 8.57. The van der Waals surface area contributed by atoms with Crippen molar-refractivity contribution in [3.63, 3.8) is 0 Å². The van der Waals surface area contributed by atoms with Gasteiger partial charge in [0.2, 0.25) is 0 Å². The Bertz CT molecular complexity index is 1310. The van der Waals surface area contributed by atoms with Crippen LogP contribution in [0, 0.1) is 0 Å². The van der Waals surface area contributed by atoms with E-state index in [0.717, 1.165) is 12.8 Å². The maximum atomic E-state index is 12.7. The number of nitrogen functional groups attached to an aromatic ring is 2. The predicted octanol–water partition coefficient (Wildman–Crippen LogP) is 2.59. The summed E-state index contributed by atoms with van der Waals surface area (Å²) in [4.78, 5) is 57.3. The fraction of sp³-hybridized carbons (Fsp3) is 0.789. The SMILES string of the molecule is COCCC(C)(C)OCCC(C)(C)OCCOC(=O)NCCNC(=O)c1nc(N)c(C(=O)NCCNC(=O)OCCOC(C)(C)CCOC(C)(C)CCOC)nc1N. The highest BCUT2D eigenvalue weighted by Gasteiger charge is 2.25. The van der Waals surface area contributed by atoms with E-state index in [1.807, 2.05) is 55.4 Å². The molecule has 0 spiro atoms. The van der Waals surface area contributed by atoms with Crippen molar-refractivity contribution < 1.29 is 57.1 Å². The van der Waals surface area contributed by atoms with Gasteiger partial charge in [-0.3, -0.25) is 9.59 Å². The van der Waals surface area contributed by atoms with Gasteiger partial charge in [0.1, 0.15) is 13.2 Å². The molecular formula is C38H70N8O12. The molecule has 0 aliphatic carbocycles. The first-order valence-electron chi connectivity index (χ1n) is 19.5. The number of ether oxygens (including phenoxy) is 8. The highest BCUT2D eigenvalue weighted by molar-refractivity contribution is 6.00. The topological polar surface area (TPSA) is 268 Å². The number of carbonyl (C=O) groups is 4. The summed E-state index contributed by atoms with van der Waals surface area (Å²) in [6.07, 6.45) is 1.46.